The topological polar surface area (TPSA) is 58.2 Å². The molecule has 0 spiro atoms. The normalized spacial score (nSPS) is 10.9. The highest BCUT2D eigenvalue weighted by molar-refractivity contribution is 5.95. The van der Waals surface area contributed by atoms with Crippen LogP contribution < -0.4 is 10.6 Å². The zero-order valence-corrected chi connectivity index (χ0v) is 13.7. The molecule has 0 heterocycles. The van der Waals surface area contributed by atoms with Gasteiger partial charge in [0, 0.05) is 23.7 Å². The van der Waals surface area contributed by atoms with Crippen molar-refractivity contribution < 1.29 is 9.59 Å². The predicted molar refractivity (Wildman–Crippen MR) is 92.4 cm³/mol. The molecule has 0 saturated carbocycles. The first-order valence-corrected chi connectivity index (χ1v) is 7.60. The molecular weight excluding hydrogens is 288 g/mol. The first-order valence-electron chi connectivity index (χ1n) is 7.60. The van der Waals surface area contributed by atoms with Gasteiger partial charge in [0.2, 0.25) is 5.91 Å². The SMILES string of the molecule is CC(=O)Nc1ccc(C(=O)NC(C)(C)Cc2ccccc2)cc1. The minimum atomic E-state index is -0.352. The van der Waals surface area contributed by atoms with Crippen LogP contribution in [0.25, 0.3) is 0 Å². The number of benzene rings is 2. The zero-order chi connectivity index (χ0) is 16.9. The van der Waals surface area contributed by atoms with Crippen molar-refractivity contribution in [2.75, 3.05) is 5.32 Å². The van der Waals surface area contributed by atoms with Gasteiger partial charge in [0.15, 0.2) is 0 Å². The Labute approximate surface area is 136 Å². The summed E-state index contributed by atoms with van der Waals surface area (Å²) in [4.78, 5) is 23.4. The van der Waals surface area contributed by atoms with Gasteiger partial charge in [0.25, 0.3) is 5.91 Å². The molecule has 2 aromatic carbocycles. The Morgan fingerprint density at radius 2 is 1.57 bits per heavy atom. The average molecular weight is 310 g/mol. The quantitative estimate of drug-likeness (QED) is 0.889. The molecule has 2 aromatic rings. The predicted octanol–water partition coefficient (Wildman–Crippen LogP) is 3.40. The molecule has 4 nitrogen and oxygen atoms in total. The fourth-order valence-electron chi connectivity index (χ4n) is 2.44. The second-order valence-electron chi connectivity index (χ2n) is 6.26. The standard InChI is InChI=1S/C19H22N2O2/c1-14(22)20-17-11-9-16(10-12-17)18(23)21-19(2,3)13-15-7-5-4-6-8-15/h4-12H,13H2,1-3H3,(H,20,22)(H,21,23). The molecule has 0 aliphatic heterocycles. The maximum absolute atomic E-state index is 12.4. The maximum atomic E-state index is 12.4. The fraction of sp³-hybridized carbons (Fsp3) is 0.263. The second-order valence-corrected chi connectivity index (χ2v) is 6.26. The van der Waals surface area contributed by atoms with Gasteiger partial charge in [-0.25, -0.2) is 0 Å². The molecule has 120 valence electrons. The Morgan fingerprint density at radius 3 is 2.13 bits per heavy atom. The molecule has 0 aliphatic rings. The van der Waals surface area contributed by atoms with Crippen LogP contribution in [0.4, 0.5) is 5.69 Å². The Kier molecular flexibility index (Phi) is 5.16. The smallest absolute Gasteiger partial charge is 0.251 e. The molecule has 0 fully saturated rings. The molecule has 4 heteroatoms. The van der Waals surface area contributed by atoms with E-state index in [-0.39, 0.29) is 17.4 Å². The summed E-state index contributed by atoms with van der Waals surface area (Å²) in [7, 11) is 0. The van der Waals surface area contributed by atoms with Crippen molar-refractivity contribution in [3.63, 3.8) is 0 Å². The van der Waals surface area contributed by atoms with Crippen LogP contribution >= 0.6 is 0 Å². The molecule has 0 radical (unpaired) electrons. The van der Waals surface area contributed by atoms with Crippen molar-refractivity contribution in [2.45, 2.75) is 32.7 Å². The number of anilines is 1. The highest BCUT2D eigenvalue weighted by Gasteiger charge is 2.21. The van der Waals surface area contributed by atoms with Crippen LogP contribution in [0.15, 0.2) is 54.6 Å². The van der Waals surface area contributed by atoms with Crippen LogP contribution in [0.3, 0.4) is 0 Å². The van der Waals surface area contributed by atoms with Gasteiger partial charge < -0.3 is 10.6 Å². The van der Waals surface area contributed by atoms with Gasteiger partial charge in [-0.3, -0.25) is 9.59 Å². The van der Waals surface area contributed by atoms with E-state index in [1.807, 2.05) is 32.0 Å². The van der Waals surface area contributed by atoms with Crippen LogP contribution in [-0.2, 0) is 11.2 Å². The van der Waals surface area contributed by atoms with Crippen LogP contribution in [0.1, 0.15) is 36.7 Å². The molecule has 0 unspecified atom stereocenters. The molecule has 2 N–H and O–H groups in total. The van der Waals surface area contributed by atoms with Crippen molar-refractivity contribution in [3.05, 3.63) is 65.7 Å². The van der Waals surface area contributed by atoms with E-state index in [4.69, 9.17) is 0 Å². The molecule has 0 aromatic heterocycles. The molecule has 2 amide bonds. The van der Waals surface area contributed by atoms with Crippen LogP contribution in [-0.4, -0.2) is 17.4 Å². The van der Waals surface area contributed by atoms with Gasteiger partial charge in [-0.2, -0.15) is 0 Å². The Hall–Kier alpha value is -2.62. The van der Waals surface area contributed by atoms with E-state index >= 15 is 0 Å². The molecule has 23 heavy (non-hydrogen) atoms. The van der Waals surface area contributed by atoms with E-state index < -0.39 is 0 Å². The third-order valence-corrected chi connectivity index (χ3v) is 3.41. The van der Waals surface area contributed by atoms with Crippen LogP contribution in [0, 0.1) is 0 Å². The number of rotatable bonds is 5. The summed E-state index contributed by atoms with van der Waals surface area (Å²) in [6.45, 7) is 5.46. The third-order valence-electron chi connectivity index (χ3n) is 3.41. The first kappa shape index (κ1) is 16.7. The van der Waals surface area contributed by atoms with Crippen LogP contribution in [0.2, 0.25) is 0 Å². The highest BCUT2D eigenvalue weighted by atomic mass is 16.2. The number of amides is 2. The summed E-state index contributed by atoms with van der Waals surface area (Å²) in [5.41, 5.74) is 2.08. The lowest BCUT2D eigenvalue weighted by Gasteiger charge is -2.26. The summed E-state index contributed by atoms with van der Waals surface area (Å²) in [6.07, 6.45) is 0.754. The number of hydrogen-bond donors (Lipinski definition) is 2. The van der Waals surface area contributed by atoms with Gasteiger partial charge >= 0.3 is 0 Å². The van der Waals surface area contributed by atoms with Gasteiger partial charge in [-0.15, -0.1) is 0 Å². The van der Waals surface area contributed by atoms with Crippen molar-refractivity contribution in [2.24, 2.45) is 0 Å². The minimum Gasteiger partial charge on any atom is -0.347 e. The van der Waals surface area contributed by atoms with Crippen molar-refractivity contribution >= 4 is 17.5 Å². The summed E-state index contributed by atoms with van der Waals surface area (Å²) in [5.74, 6) is -0.258. The van der Waals surface area contributed by atoms with E-state index in [9.17, 15) is 9.59 Å². The lowest BCUT2D eigenvalue weighted by atomic mass is 9.94. The third kappa shape index (κ3) is 5.25. The molecule has 0 saturated heterocycles. The summed E-state index contributed by atoms with van der Waals surface area (Å²) in [6, 6.07) is 16.9. The number of carbonyl (C=O) groups is 2. The Bertz CT molecular complexity index is 676. The minimum absolute atomic E-state index is 0.125. The largest absolute Gasteiger partial charge is 0.347 e. The number of hydrogen-bond acceptors (Lipinski definition) is 2. The zero-order valence-electron chi connectivity index (χ0n) is 13.7. The van der Waals surface area contributed by atoms with Gasteiger partial charge in [0.05, 0.1) is 0 Å². The lowest BCUT2D eigenvalue weighted by molar-refractivity contribution is -0.114. The Balaban J connectivity index is 2.01. The average Bonchev–Trinajstić information content (AvgIpc) is 2.47. The maximum Gasteiger partial charge on any atom is 0.251 e. The summed E-state index contributed by atoms with van der Waals surface area (Å²) < 4.78 is 0. The molecule has 0 bridgehead atoms. The van der Waals surface area contributed by atoms with E-state index in [2.05, 4.69) is 22.8 Å². The second kappa shape index (κ2) is 7.09. The summed E-state index contributed by atoms with van der Waals surface area (Å²) >= 11 is 0. The fourth-order valence-corrected chi connectivity index (χ4v) is 2.44. The lowest BCUT2D eigenvalue weighted by Crippen LogP contribution is -2.45. The van der Waals surface area contributed by atoms with Crippen molar-refractivity contribution in [3.8, 4) is 0 Å². The Morgan fingerprint density at radius 1 is 0.957 bits per heavy atom. The summed E-state index contributed by atoms with van der Waals surface area (Å²) in [5, 5.41) is 5.74. The first-order chi connectivity index (χ1) is 10.9. The number of carbonyl (C=O) groups excluding carboxylic acids is 2. The highest BCUT2D eigenvalue weighted by Crippen LogP contribution is 2.15. The van der Waals surface area contributed by atoms with Gasteiger partial charge in [-0.1, -0.05) is 30.3 Å². The molecule has 0 atom stereocenters. The number of nitrogens with one attached hydrogen (secondary N) is 2. The molecular formula is C19H22N2O2. The van der Waals surface area contributed by atoms with E-state index in [0.717, 1.165) is 6.42 Å². The van der Waals surface area contributed by atoms with Crippen LogP contribution in [0.5, 0.6) is 0 Å². The van der Waals surface area contributed by atoms with Crippen molar-refractivity contribution in [1.82, 2.24) is 5.32 Å². The van der Waals surface area contributed by atoms with E-state index in [1.165, 1.54) is 12.5 Å². The molecule has 0 aliphatic carbocycles. The van der Waals surface area contributed by atoms with E-state index in [0.29, 0.717) is 11.3 Å². The van der Waals surface area contributed by atoms with Gasteiger partial charge in [-0.05, 0) is 50.1 Å². The van der Waals surface area contributed by atoms with Crippen molar-refractivity contribution in [1.29, 1.82) is 0 Å². The molecule has 2 rings (SSSR count). The monoisotopic (exact) mass is 310 g/mol. The van der Waals surface area contributed by atoms with Gasteiger partial charge in [0.1, 0.15) is 0 Å². The van der Waals surface area contributed by atoms with E-state index in [1.54, 1.807) is 24.3 Å².